The van der Waals surface area contributed by atoms with E-state index in [-0.39, 0.29) is 0 Å². The van der Waals surface area contributed by atoms with Crippen molar-refractivity contribution in [1.29, 1.82) is 0 Å². The Labute approximate surface area is 110 Å². The van der Waals surface area contributed by atoms with Crippen LogP contribution in [0.1, 0.15) is 5.56 Å². The number of nitrogens with two attached hydrogens (primary N) is 2. The fourth-order valence-corrected chi connectivity index (χ4v) is 2.74. The summed E-state index contributed by atoms with van der Waals surface area (Å²) in [6.45, 7) is 2.06. The van der Waals surface area contributed by atoms with Gasteiger partial charge in [-0.25, -0.2) is 0 Å². The average molecular weight is 265 g/mol. The largest absolute Gasteiger partial charge is 0.397 e. The second-order valence-electron chi connectivity index (χ2n) is 3.83. The summed E-state index contributed by atoms with van der Waals surface area (Å²) in [5.74, 6) is 0. The highest BCUT2D eigenvalue weighted by molar-refractivity contribution is 7.99. The van der Waals surface area contributed by atoms with Gasteiger partial charge in [-0.2, -0.15) is 0 Å². The molecule has 0 fully saturated rings. The molecule has 0 bridgehead atoms. The molecular weight excluding hydrogens is 252 g/mol. The van der Waals surface area contributed by atoms with Crippen molar-refractivity contribution >= 4 is 34.7 Å². The Morgan fingerprint density at radius 1 is 1.06 bits per heavy atom. The molecule has 17 heavy (non-hydrogen) atoms. The summed E-state index contributed by atoms with van der Waals surface area (Å²) < 4.78 is 0. The van der Waals surface area contributed by atoms with E-state index in [4.69, 9.17) is 23.1 Å². The Bertz CT molecular complexity index is 555. The maximum Gasteiger partial charge on any atom is 0.0567 e. The zero-order chi connectivity index (χ0) is 12.4. The van der Waals surface area contributed by atoms with Crippen molar-refractivity contribution in [1.82, 2.24) is 0 Å². The Kier molecular flexibility index (Phi) is 3.50. The van der Waals surface area contributed by atoms with Crippen molar-refractivity contribution in [2.75, 3.05) is 11.5 Å². The fraction of sp³-hybridized carbons (Fsp3) is 0.0769. The summed E-state index contributed by atoms with van der Waals surface area (Å²) in [7, 11) is 0. The third-order valence-electron chi connectivity index (χ3n) is 2.35. The molecule has 0 aliphatic rings. The van der Waals surface area contributed by atoms with Gasteiger partial charge < -0.3 is 11.5 Å². The van der Waals surface area contributed by atoms with Crippen molar-refractivity contribution in [3.63, 3.8) is 0 Å². The summed E-state index contributed by atoms with van der Waals surface area (Å²) in [6, 6.07) is 11.7. The molecule has 0 radical (unpaired) electrons. The van der Waals surface area contributed by atoms with Gasteiger partial charge >= 0.3 is 0 Å². The monoisotopic (exact) mass is 264 g/mol. The topological polar surface area (TPSA) is 52.0 Å². The van der Waals surface area contributed by atoms with Crippen molar-refractivity contribution in [2.24, 2.45) is 0 Å². The van der Waals surface area contributed by atoms with Crippen LogP contribution in [0.3, 0.4) is 0 Å². The Hall–Kier alpha value is -1.32. The molecule has 0 saturated carbocycles. The first-order valence-electron chi connectivity index (χ1n) is 5.15. The molecule has 2 aromatic rings. The lowest BCUT2D eigenvalue weighted by Gasteiger charge is -2.08. The second-order valence-corrected chi connectivity index (χ2v) is 5.35. The molecule has 0 unspecified atom stereocenters. The van der Waals surface area contributed by atoms with Gasteiger partial charge in [0, 0.05) is 9.79 Å². The Morgan fingerprint density at radius 2 is 1.76 bits per heavy atom. The summed E-state index contributed by atoms with van der Waals surface area (Å²) in [4.78, 5) is 2.06. The molecule has 0 heterocycles. The van der Waals surface area contributed by atoms with Crippen LogP contribution in [0.25, 0.3) is 0 Å². The van der Waals surface area contributed by atoms with Crippen LogP contribution in [0.2, 0.25) is 5.02 Å². The van der Waals surface area contributed by atoms with Gasteiger partial charge in [-0.05, 0) is 31.2 Å². The molecule has 4 heteroatoms. The maximum atomic E-state index is 6.13. The lowest BCUT2D eigenvalue weighted by Crippen LogP contribution is -1.94. The Balaban J connectivity index is 2.33. The predicted molar refractivity (Wildman–Crippen MR) is 75.6 cm³/mol. The number of aryl methyl sites for hydroxylation is 1. The molecular formula is C13H13ClN2S. The van der Waals surface area contributed by atoms with Crippen LogP contribution >= 0.6 is 23.4 Å². The van der Waals surface area contributed by atoms with Crippen molar-refractivity contribution in [2.45, 2.75) is 16.7 Å². The predicted octanol–water partition coefficient (Wildman–Crippen LogP) is 3.96. The number of hydrogen-bond acceptors (Lipinski definition) is 3. The van der Waals surface area contributed by atoms with Gasteiger partial charge in [-0.15, -0.1) is 0 Å². The van der Waals surface area contributed by atoms with E-state index in [0.29, 0.717) is 16.4 Å². The Morgan fingerprint density at radius 3 is 2.47 bits per heavy atom. The van der Waals surface area contributed by atoms with E-state index in [0.717, 1.165) is 9.79 Å². The van der Waals surface area contributed by atoms with Crippen LogP contribution in [-0.4, -0.2) is 0 Å². The molecule has 2 nitrogen and oxygen atoms in total. The van der Waals surface area contributed by atoms with Gasteiger partial charge in [-0.3, -0.25) is 0 Å². The zero-order valence-corrected chi connectivity index (χ0v) is 11.0. The van der Waals surface area contributed by atoms with Crippen molar-refractivity contribution in [3.05, 3.63) is 47.0 Å². The smallest absolute Gasteiger partial charge is 0.0567 e. The van der Waals surface area contributed by atoms with Crippen LogP contribution in [-0.2, 0) is 0 Å². The molecule has 2 aromatic carbocycles. The SMILES string of the molecule is Cc1cccc(Sc2cc(N)c(N)cc2Cl)c1. The van der Waals surface area contributed by atoms with E-state index >= 15 is 0 Å². The lowest BCUT2D eigenvalue weighted by atomic mass is 10.2. The third kappa shape index (κ3) is 2.87. The van der Waals surface area contributed by atoms with Crippen LogP contribution in [0.15, 0.2) is 46.2 Å². The average Bonchev–Trinajstić information content (AvgIpc) is 2.26. The standard InChI is InChI=1S/C13H13ClN2S/c1-8-3-2-4-9(5-8)17-13-7-12(16)11(15)6-10(13)14/h2-7H,15-16H2,1H3. The molecule has 4 N–H and O–H groups in total. The molecule has 0 spiro atoms. The summed E-state index contributed by atoms with van der Waals surface area (Å²) >= 11 is 7.72. The fourth-order valence-electron chi connectivity index (χ4n) is 1.47. The van der Waals surface area contributed by atoms with Crippen LogP contribution in [0, 0.1) is 6.92 Å². The van der Waals surface area contributed by atoms with E-state index in [1.807, 2.05) is 18.2 Å². The van der Waals surface area contributed by atoms with Crippen molar-refractivity contribution < 1.29 is 0 Å². The van der Waals surface area contributed by atoms with Gasteiger partial charge in [0.1, 0.15) is 0 Å². The molecule has 0 amide bonds. The minimum atomic E-state index is 0.517. The molecule has 0 aliphatic heterocycles. The lowest BCUT2D eigenvalue weighted by molar-refractivity contribution is 1.35. The van der Waals surface area contributed by atoms with Crippen LogP contribution < -0.4 is 11.5 Å². The summed E-state index contributed by atoms with van der Waals surface area (Å²) in [5, 5.41) is 0.628. The van der Waals surface area contributed by atoms with Crippen LogP contribution in [0.4, 0.5) is 11.4 Å². The molecule has 0 saturated heterocycles. The first kappa shape index (κ1) is 12.1. The number of benzene rings is 2. The number of anilines is 2. The number of nitrogen functional groups attached to an aromatic ring is 2. The van der Waals surface area contributed by atoms with Gasteiger partial charge in [0.2, 0.25) is 0 Å². The van der Waals surface area contributed by atoms with Gasteiger partial charge in [0.25, 0.3) is 0 Å². The number of hydrogen-bond donors (Lipinski definition) is 2. The van der Waals surface area contributed by atoms with Gasteiger partial charge in [-0.1, -0.05) is 41.1 Å². The molecule has 88 valence electrons. The molecule has 2 rings (SSSR count). The van der Waals surface area contributed by atoms with Crippen LogP contribution in [0.5, 0.6) is 0 Å². The summed E-state index contributed by atoms with van der Waals surface area (Å²) in [6.07, 6.45) is 0. The summed E-state index contributed by atoms with van der Waals surface area (Å²) in [5.41, 5.74) is 13.8. The highest BCUT2D eigenvalue weighted by Gasteiger charge is 2.06. The first-order valence-corrected chi connectivity index (χ1v) is 6.35. The number of rotatable bonds is 2. The maximum absolute atomic E-state index is 6.13. The van der Waals surface area contributed by atoms with E-state index < -0.39 is 0 Å². The van der Waals surface area contributed by atoms with E-state index in [1.165, 1.54) is 5.56 Å². The second kappa shape index (κ2) is 4.90. The first-order chi connectivity index (χ1) is 8.06. The molecule has 0 atom stereocenters. The van der Waals surface area contributed by atoms with Gasteiger partial charge in [0.05, 0.1) is 16.4 Å². The highest BCUT2D eigenvalue weighted by atomic mass is 35.5. The quantitative estimate of drug-likeness (QED) is 0.807. The molecule has 0 aliphatic carbocycles. The minimum Gasteiger partial charge on any atom is -0.397 e. The van der Waals surface area contributed by atoms with E-state index in [1.54, 1.807) is 17.8 Å². The third-order valence-corrected chi connectivity index (χ3v) is 3.83. The van der Waals surface area contributed by atoms with E-state index in [9.17, 15) is 0 Å². The van der Waals surface area contributed by atoms with Crippen molar-refractivity contribution in [3.8, 4) is 0 Å². The minimum absolute atomic E-state index is 0.517. The zero-order valence-electron chi connectivity index (χ0n) is 9.41. The normalized spacial score (nSPS) is 10.5. The highest BCUT2D eigenvalue weighted by Crippen LogP contribution is 2.36. The van der Waals surface area contributed by atoms with E-state index in [2.05, 4.69) is 19.1 Å². The van der Waals surface area contributed by atoms with Gasteiger partial charge in [0.15, 0.2) is 0 Å². The number of halogens is 1. The molecule has 0 aromatic heterocycles.